The Kier molecular flexibility index (Phi) is 3.54. The summed E-state index contributed by atoms with van der Waals surface area (Å²) >= 11 is 0. The van der Waals surface area contributed by atoms with Crippen LogP contribution < -0.4 is 4.90 Å². The van der Waals surface area contributed by atoms with Gasteiger partial charge < -0.3 is 10.0 Å². The number of rotatable bonds is 4. The lowest BCUT2D eigenvalue weighted by atomic mass is 10.1. The Hall–Kier alpha value is -1.91. The first-order valence-corrected chi connectivity index (χ1v) is 6.60. The maximum absolute atomic E-state index is 12.9. The van der Waals surface area contributed by atoms with E-state index in [4.69, 9.17) is 5.11 Å². The number of carbonyl (C=O) groups is 2. The van der Waals surface area contributed by atoms with Gasteiger partial charge in [0.1, 0.15) is 5.82 Å². The van der Waals surface area contributed by atoms with Crippen molar-refractivity contribution in [1.29, 1.82) is 0 Å². The van der Waals surface area contributed by atoms with Gasteiger partial charge in [-0.3, -0.25) is 9.59 Å². The van der Waals surface area contributed by atoms with E-state index in [-0.39, 0.29) is 11.7 Å². The van der Waals surface area contributed by atoms with Gasteiger partial charge in [0.2, 0.25) is 5.91 Å². The summed E-state index contributed by atoms with van der Waals surface area (Å²) in [5, 5.41) is 9.15. The number of carbonyl (C=O) groups excluding carboxylic acids is 1. The summed E-state index contributed by atoms with van der Waals surface area (Å²) in [6, 6.07) is 5.64. The predicted molar refractivity (Wildman–Crippen MR) is 72.8 cm³/mol. The minimum Gasteiger partial charge on any atom is -0.481 e. The number of carboxylic acids is 1. The van der Waals surface area contributed by atoms with Crippen molar-refractivity contribution in [2.45, 2.75) is 20.8 Å². The first kappa shape index (κ1) is 14.5. The molecule has 0 heterocycles. The molecule has 1 aromatic carbocycles. The number of amides is 1. The molecule has 1 N–H and O–H groups in total. The zero-order valence-corrected chi connectivity index (χ0v) is 11.8. The summed E-state index contributed by atoms with van der Waals surface area (Å²) in [6.45, 7) is 5.80. The highest BCUT2D eigenvalue weighted by Gasteiger charge is 2.66. The smallest absolute Gasteiger partial charge is 0.307 e. The molecule has 108 valence electrons. The van der Waals surface area contributed by atoms with Crippen molar-refractivity contribution >= 4 is 17.6 Å². The Morgan fingerprint density at radius 3 is 2.20 bits per heavy atom. The standard InChI is InChI=1S/C15H18FNO3/c1-4-17(10-7-5-9(16)6-8-10)13(18)11-12(14(19)20)15(11,2)3/h5-8,11-12H,4H2,1-3H3,(H,19,20). The predicted octanol–water partition coefficient (Wildman–Crippen LogP) is 2.54. The molecule has 0 aliphatic heterocycles. The summed E-state index contributed by atoms with van der Waals surface area (Å²) in [6.07, 6.45) is 0. The third kappa shape index (κ3) is 2.28. The van der Waals surface area contributed by atoms with E-state index in [0.717, 1.165) is 0 Å². The van der Waals surface area contributed by atoms with E-state index in [1.54, 1.807) is 13.8 Å². The van der Waals surface area contributed by atoms with Crippen molar-refractivity contribution in [3.05, 3.63) is 30.1 Å². The Bertz CT molecular complexity index is 539. The number of benzene rings is 1. The van der Waals surface area contributed by atoms with Gasteiger partial charge in [0.05, 0.1) is 11.8 Å². The highest BCUT2D eigenvalue weighted by atomic mass is 19.1. The van der Waals surface area contributed by atoms with Crippen LogP contribution in [0.3, 0.4) is 0 Å². The molecule has 1 saturated carbocycles. The highest BCUT2D eigenvalue weighted by Crippen LogP contribution is 2.59. The van der Waals surface area contributed by atoms with Gasteiger partial charge in [-0.15, -0.1) is 0 Å². The second-order valence-electron chi connectivity index (χ2n) is 5.67. The van der Waals surface area contributed by atoms with Crippen molar-refractivity contribution in [3.8, 4) is 0 Å². The fraction of sp³-hybridized carbons (Fsp3) is 0.467. The number of nitrogens with zero attached hydrogens (tertiary/aromatic N) is 1. The zero-order valence-electron chi connectivity index (χ0n) is 11.8. The van der Waals surface area contributed by atoms with Crippen LogP contribution in [0.2, 0.25) is 0 Å². The van der Waals surface area contributed by atoms with E-state index in [9.17, 15) is 14.0 Å². The first-order valence-electron chi connectivity index (χ1n) is 6.60. The molecule has 5 heteroatoms. The number of carboxylic acid groups (broad SMARTS) is 1. The molecule has 2 atom stereocenters. The van der Waals surface area contributed by atoms with Crippen molar-refractivity contribution in [1.82, 2.24) is 0 Å². The number of halogens is 1. The highest BCUT2D eigenvalue weighted by molar-refractivity contribution is 6.01. The largest absolute Gasteiger partial charge is 0.481 e. The van der Waals surface area contributed by atoms with Crippen LogP contribution in [0.25, 0.3) is 0 Å². The molecule has 20 heavy (non-hydrogen) atoms. The van der Waals surface area contributed by atoms with Gasteiger partial charge in [-0.05, 0) is 36.6 Å². The van der Waals surface area contributed by atoms with Gasteiger partial charge in [0.25, 0.3) is 0 Å². The third-order valence-electron chi connectivity index (χ3n) is 4.08. The van der Waals surface area contributed by atoms with Crippen LogP contribution in [0, 0.1) is 23.1 Å². The molecule has 1 fully saturated rings. The van der Waals surface area contributed by atoms with E-state index in [2.05, 4.69) is 0 Å². The van der Waals surface area contributed by atoms with Crippen molar-refractivity contribution in [2.24, 2.45) is 17.3 Å². The molecule has 1 aromatic rings. The van der Waals surface area contributed by atoms with Gasteiger partial charge >= 0.3 is 5.97 Å². The monoisotopic (exact) mass is 279 g/mol. The molecular formula is C15H18FNO3. The molecule has 0 aromatic heterocycles. The Balaban J connectivity index is 2.23. The minimum absolute atomic E-state index is 0.212. The second-order valence-corrected chi connectivity index (χ2v) is 5.67. The normalized spacial score (nSPS) is 23.2. The lowest BCUT2D eigenvalue weighted by molar-refractivity contribution is -0.140. The Morgan fingerprint density at radius 2 is 1.80 bits per heavy atom. The summed E-state index contributed by atoms with van der Waals surface area (Å²) in [7, 11) is 0. The zero-order chi connectivity index (χ0) is 15.1. The number of hydrogen-bond acceptors (Lipinski definition) is 2. The van der Waals surface area contributed by atoms with Crippen LogP contribution >= 0.6 is 0 Å². The average Bonchev–Trinajstić information content (AvgIpc) is 2.95. The van der Waals surface area contributed by atoms with Crippen LogP contribution in [-0.4, -0.2) is 23.5 Å². The summed E-state index contributed by atoms with van der Waals surface area (Å²) in [5.41, 5.74) is 0.0573. The number of aliphatic carboxylic acids is 1. The van der Waals surface area contributed by atoms with Crippen molar-refractivity contribution < 1.29 is 19.1 Å². The number of hydrogen-bond donors (Lipinski definition) is 1. The van der Waals surface area contributed by atoms with Gasteiger partial charge in [-0.1, -0.05) is 13.8 Å². The molecule has 2 rings (SSSR count). The molecule has 0 radical (unpaired) electrons. The lowest BCUT2D eigenvalue weighted by Gasteiger charge is -2.21. The lowest BCUT2D eigenvalue weighted by Crippen LogP contribution is -2.33. The van der Waals surface area contributed by atoms with E-state index in [1.165, 1.54) is 29.2 Å². The average molecular weight is 279 g/mol. The van der Waals surface area contributed by atoms with Crippen LogP contribution in [0.1, 0.15) is 20.8 Å². The van der Waals surface area contributed by atoms with E-state index < -0.39 is 23.2 Å². The fourth-order valence-electron chi connectivity index (χ4n) is 2.81. The van der Waals surface area contributed by atoms with Gasteiger partial charge in [-0.25, -0.2) is 4.39 Å². The van der Waals surface area contributed by atoms with Crippen molar-refractivity contribution in [2.75, 3.05) is 11.4 Å². The quantitative estimate of drug-likeness (QED) is 0.921. The maximum Gasteiger partial charge on any atom is 0.307 e. The van der Waals surface area contributed by atoms with Gasteiger partial charge in [0, 0.05) is 12.2 Å². The Labute approximate surface area is 117 Å². The first-order chi connectivity index (χ1) is 9.30. The molecular weight excluding hydrogens is 261 g/mol. The summed E-state index contributed by atoms with van der Waals surface area (Å²) < 4.78 is 12.9. The summed E-state index contributed by atoms with van der Waals surface area (Å²) in [5.74, 6) is -2.69. The minimum atomic E-state index is -0.941. The fourth-order valence-corrected chi connectivity index (χ4v) is 2.81. The molecule has 0 saturated heterocycles. The number of anilines is 1. The van der Waals surface area contributed by atoms with Crippen molar-refractivity contribution in [3.63, 3.8) is 0 Å². The molecule has 1 amide bonds. The molecule has 2 unspecified atom stereocenters. The molecule has 1 aliphatic carbocycles. The molecule has 0 bridgehead atoms. The van der Waals surface area contributed by atoms with Crippen LogP contribution in [0.15, 0.2) is 24.3 Å². The third-order valence-corrected chi connectivity index (χ3v) is 4.08. The second kappa shape index (κ2) is 4.89. The molecule has 1 aliphatic rings. The van der Waals surface area contributed by atoms with E-state index in [0.29, 0.717) is 12.2 Å². The molecule has 0 spiro atoms. The summed E-state index contributed by atoms with van der Waals surface area (Å²) in [4.78, 5) is 25.2. The van der Waals surface area contributed by atoms with Crippen LogP contribution in [0.4, 0.5) is 10.1 Å². The Morgan fingerprint density at radius 1 is 1.25 bits per heavy atom. The van der Waals surface area contributed by atoms with Gasteiger partial charge in [0.15, 0.2) is 0 Å². The van der Waals surface area contributed by atoms with E-state index in [1.807, 2.05) is 6.92 Å². The van der Waals surface area contributed by atoms with E-state index >= 15 is 0 Å². The van der Waals surface area contributed by atoms with Gasteiger partial charge in [-0.2, -0.15) is 0 Å². The topological polar surface area (TPSA) is 57.6 Å². The van der Waals surface area contributed by atoms with Crippen LogP contribution in [0.5, 0.6) is 0 Å². The maximum atomic E-state index is 12.9. The van der Waals surface area contributed by atoms with Crippen LogP contribution in [-0.2, 0) is 9.59 Å². The molecule has 4 nitrogen and oxygen atoms in total. The SMILES string of the molecule is CCN(C(=O)C1C(C(=O)O)C1(C)C)c1ccc(F)cc1.